The largest absolute Gasteiger partial charge is 0.316 e. The van der Waals surface area contributed by atoms with Gasteiger partial charge in [0, 0.05) is 18.4 Å². The van der Waals surface area contributed by atoms with Gasteiger partial charge >= 0.3 is 0 Å². The van der Waals surface area contributed by atoms with E-state index in [0.29, 0.717) is 11.7 Å². The van der Waals surface area contributed by atoms with Crippen LogP contribution in [-0.2, 0) is 4.79 Å². The van der Waals surface area contributed by atoms with Crippen molar-refractivity contribution < 1.29 is 4.79 Å². The van der Waals surface area contributed by atoms with Gasteiger partial charge in [-0.3, -0.25) is 4.79 Å². The summed E-state index contributed by atoms with van der Waals surface area (Å²) in [5.41, 5.74) is 0. The second-order valence-corrected chi connectivity index (χ2v) is 3.95. The fourth-order valence-corrected chi connectivity index (χ4v) is 1.76. The fraction of sp³-hybridized carbons (Fsp3) is 0.900. The first-order valence-corrected chi connectivity index (χ1v) is 4.91. The number of Topliss-reactive ketones (excluding diaryl/α,β-unsaturated/α-hetero) is 1. The van der Waals surface area contributed by atoms with E-state index in [0.717, 1.165) is 19.5 Å². The highest BCUT2D eigenvalue weighted by Crippen LogP contribution is 2.21. The van der Waals surface area contributed by atoms with Gasteiger partial charge in [0.05, 0.1) is 0 Å². The molecule has 1 rings (SSSR count). The number of rotatable bonds is 3. The van der Waals surface area contributed by atoms with Gasteiger partial charge in [-0.15, -0.1) is 0 Å². The van der Waals surface area contributed by atoms with E-state index in [2.05, 4.69) is 19.2 Å². The minimum Gasteiger partial charge on any atom is -0.316 e. The Morgan fingerprint density at radius 3 is 2.67 bits per heavy atom. The van der Waals surface area contributed by atoms with Gasteiger partial charge in [0.1, 0.15) is 5.78 Å². The molecule has 0 saturated carbocycles. The molecule has 1 aliphatic rings. The summed E-state index contributed by atoms with van der Waals surface area (Å²) in [5.74, 6) is 1.51. The summed E-state index contributed by atoms with van der Waals surface area (Å²) >= 11 is 0. The quantitative estimate of drug-likeness (QED) is 0.693. The summed E-state index contributed by atoms with van der Waals surface area (Å²) in [6.07, 6.45) is 0.974. The van der Waals surface area contributed by atoms with Gasteiger partial charge in [0.2, 0.25) is 0 Å². The van der Waals surface area contributed by atoms with Crippen molar-refractivity contribution in [1.82, 2.24) is 5.32 Å². The molecule has 0 amide bonds. The van der Waals surface area contributed by atoms with E-state index in [9.17, 15) is 4.79 Å². The van der Waals surface area contributed by atoms with Crippen molar-refractivity contribution >= 4 is 5.78 Å². The first kappa shape index (κ1) is 9.72. The van der Waals surface area contributed by atoms with Crippen LogP contribution in [0.5, 0.6) is 0 Å². The van der Waals surface area contributed by atoms with Crippen molar-refractivity contribution in [3.8, 4) is 0 Å². The van der Waals surface area contributed by atoms with Crippen LogP contribution in [-0.4, -0.2) is 18.9 Å². The van der Waals surface area contributed by atoms with E-state index in [1.54, 1.807) is 0 Å². The average molecular weight is 169 g/mol. The molecule has 2 heteroatoms. The number of carbonyl (C=O) groups excluding carboxylic acids is 1. The van der Waals surface area contributed by atoms with Crippen LogP contribution in [0.1, 0.15) is 27.2 Å². The van der Waals surface area contributed by atoms with Crippen molar-refractivity contribution in [2.24, 2.45) is 17.8 Å². The van der Waals surface area contributed by atoms with Gasteiger partial charge in [-0.1, -0.05) is 20.8 Å². The van der Waals surface area contributed by atoms with Crippen LogP contribution in [0.4, 0.5) is 0 Å². The lowest BCUT2D eigenvalue weighted by Crippen LogP contribution is -2.26. The molecule has 1 N–H and O–H groups in total. The van der Waals surface area contributed by atoms with Crippen LogP contribution in [0.15, 0.2) is 0 Å². The lowest BCUT2D eigenvalue weighted by atomic mass is 9.86. The third-order valence-electron chi connectivity index (χ3n) is 2.98. The first-order valence-electron chi connectivity index (χ1n) is 4.91. The van der Waals surface area contributed by atoms with Crippen molar-refractivity contribution in [3.63, 3.8) is 0 Å². The number of hydrogen-bond acceptors (Lipinski definition) is 2. The molecule has 0 radical (unpaired) electrons. The lowest BCUT2D eigenvalue weighted by molar-refractivity contribution is -0.126. The maximum absolute atomic E-state index is 11.7. The Morgan fingerprint density at radius 1 is 1.58 bits per heavy atom. The zero-order valence-corrected chi connectivity index (χ0v) is 8.26. The molecule has 0 aromatic heterocycles. The van der Waals surface area contributed by atoms with E-state index in [-0.39, 0.29) is 11.8 Å². The standard InChI is InChI=1S/C10H19NO/c1-4-7(2)10(12)9-6-11-5-8(9)3/h7-9,11H,4-6H2,1-3H3. The minimum absolute atomic E-state index is 0.248. The van der Waals surface area contributed by atoms with E-state index in [1.807, 2.05) is 6.92 Å². The van der Waals surface area contributed by atoms with Gasteiger partial charge in [-0.2, -0.15) is 0 Å². The molecular weight excluding hydrogens is 150 g/mol. The molecule has 0 aliphatic carbocycles. The maximum atomic E-state index is 11.7. The van der Waals surface area contributed by atoms with E-state index in [1.165, 1.54) is 0 Å². The van der Waals surface area contributed by atoms with E-state index < -0.39 is 0 Å². The summed E-state index contributed by atoms with van der Waals surface area (Å²) in [5, 5.41) is 3.26. The zero-order chi connectivity index (χ0) is 9.14. The molecule has 0 bridgehead atoms. The minimum atomic E-state index is 0.248. The Morgan fingerprint density at radius 2 is 2.25 bits per heavy atom. The highest BCUT2D eigenvalue weighted by molar-refractivity contribution is 5.83. The summed E-state index contributed by atoms with van der Waals surface area (Å²) in [6.45, 7) is 8.17. The number of ketones is 1. The Bertz CT molecular complexity index is 167. The summed E-state index contributed by atoms with van der Waals surface area (Å²) in [4.78, 5) is 11.7. The second kappa shape index (κ2) is 4.04. The number of nitrogens with one attached hydrogen (secondary N) is 1. The summed E-state index contributed by atoms with van der Waals surface area (Å²) in [7, 11) is 0. The summed E-state index contributed by atoms with van der Waals surface area (Å²) in [6, 6.07) is 0. The molecule has 1 heterocycles. The molecule has 1 aliphatic heterocycles. The predicted octanol–water partition coefficient (Wildman–Crippen LogP) is 1.46. The fourth-order valence-electron chi connectivity index (χ4n) is 1.76. The Kier molecular flexibility index (Phi) is 3.27. The predicted molar refractivity (Wildman–Crippen MR) is 50.0 cm³/mol. The molecule has 0 aromatic carbocycles. The average Bonchev–Trinajstić information content (AvgIpc) is 2.48. The first-order chi connectivity index (χ1) is 5.66. The van der Waals surface area contributed by atoms with Gasteiger partial charge in [-0.05, 0) is 18.9 Å². The molecule has 3 unspecified atom stereocenters. The third-order valence-corrected chi connectivity index (χ3v) is 2.98. The molecule has 1 fully saturated rings. The number of hydrogen-bond donors (Lipinski definition) is 1. The van der Waals surface area contributed by atoms with E-state index >= 15 is 0 Å². The second-order valence-electron chi connectivity index (χ2n) is 3.95. The molecule has 0 aromatic rings. The maximum Gasteiger partial charge on any atom is 0.140 e. The lowest BCUT2D eigenvalue weighted by Gasteiger charge is -2.16. The monoisotopic (exact) mass is 169 g/mol. The van der Waals surface area contributed by atoms with Crippen LogP contribution in [0, 0.1) is 17.8 Å². The highest BCUT2D eigenvalue weighted by Gasteiger charge is 2.31. The molecule has 12 heavy (non-hydrogen) atoms. The summed E-state index contributed by atoms with van der Waals surface area (Å²) < 4.78 is 0. The normalized spacial score (nSPS) is 31.9. The Balaban J connectivity index is 2.51. The molecule has 1 saturated heterocycles. The molecule has 2 nitrogen and oxygen atoms in total. The molecule has 70 valence electrons. The van der Waals surface area contributed by atoms with Crippen LogP contribution in [0.2, 0.25) is 0 Å². The van der Waals surface area contributed by atoms with Crippen LogP contribution in [0.3, 0.4) is 0 Å². The van der Waals surface area contributed by atoms with Crippen LogP contribution in [0.25, 0.3) is 0 Å². The zero-order valence-electron chi connectivity index (χ0n) is 8.26. The van der Waals surface area contributed by atoms with Crippen molar-refractivity contribution in [2.45, 2.75) is 27.2 Å². The van der Waals surface area contributed by atoms with E-state index in [4.69, 9.17) is 0 Å². The SMILES string of the molecule is CCC(C)C(=O)C1CNCC1C. The smallest absolute Gasteiger partial charge is 0.140 e. The molecule has 0 spiro atoms. The Labute approximate surface area is 74.7 Å². The van der Waals surface area contributed by atoms with Crippen LogP contribution < -0.4 is 5.32 Å². The van der Waals surface area contributed by atoms with Crippen LogP contribution >= 0.6 is 0 Å². The molecular formula is C10H19NO. The Hall–Kier alpha value is -0.370. The van der Waals surface area contributed by atoms with Gasteiger partial charge < -0.3 is 5.32 Å². The van der Waals surface area contributed by atoms with Gasteiger partial charge in [-0.25, -0.2) is 0 Å². The number of carbonyl (C=O) groups is 1. The van der Waals surface area contributed by atoms with Crippen molar-refractivity contribution in [3.05, 3.63) is 0 Å². The highest BCUT2D eigenvalue weighted by atomic mass is 16.1. The molecule has 3 atom stereocenters. The third kappa shape index (κ3) is 1.86. The van der Waals surface area contributed by atoms with Crippen molar-refractivity contribution in [2.75, 3.05) is 13.1 Å². The van der Waals surface area contributed by atoms with Gasteiger partial charge in [0.25, 0.3) is 0 Å². The van der Waals surface area contributed by atoms with Crippen molar-refractivity contribution in [1.29, 1.82) is 0 Å². The topological polar surface area (TPSA) is 29.1 Å². The van der Waals surface area contributed by atoms with Gasteiger partial charge in [0.15, 0.2) is 0 Å².